The van der Waals surface area contributed by atoms with E-state index >= 15 is 0 Å². The maximum atomic E-state index is 8.57. The molecular weight excluding hydrogens is 148 g/mol. The van der Waals surface area contributed by atoms with Gasteiger partial charge >= 0.3 is 0 Å². The van der Waals surface area contributed by atoms with E-state index in [1.807, 2.05) is 0 Å². The van der Waals surface area contributed by atoms with E-state index in [9.17, 15) is 0 Å². The molecule has 0 spiro atoms. The van der Waals surface area contributed by atoms with Gasteiger partial charge in [0.15, 0.2) is 0 Å². The van der Waals surface area contributed by atoms with E-state index in [1.54, 1.807) is 0 Å². The van der Waals surface area contributed by atoms with Crippen LogP contribution in [0.4, 0.5) is 0 Å². The Morgan fingerprint density at radius 3 is 2.00 bits per heavy atom. The number of rotatable bonds is 8. The maximum absolute atomic E-state index is 8.57. The average Bonchev–Trinajstić information content (AvgIpc) is 2.11. The highest BCUT2D eigenvalue weighted by Crippen LogP contribution is 2.16. The van der Waals surface area contributed by atoms with Gasteiger partial charge in [0.05, 0.1) is 0 Å². The van der Waals surface area contributed by atoms with Gasteiger partial charge in [0.1, 0.15) is 0 Å². The lowest BCUT2D eigenvalue weighted by molar-refractivity contribution is 0.281. The van der Waals surface area contributed by atoms with Gasteiger partial charge in [-0.05, 0) is 12.3 Å². The Balaban J connectivity index is 3.06. The Bertz CT molecular complexity index is 77.1. The number of aliphatic hydroxyl groups is 1. The van der Waals surface area contributed by atoms with Crippen LogP contribution in [0.25, 0.3) is 0 Å². The lowest BCUT2D eigenvalue weighted by Crippen LogP contribution is -1.96. The molecule has 0 aromatic carbocycles. The topological polar surface area (TPSA) is 20.2 Å². The van der Waals surface area contributed by atoms with E-state index in [0.29, 0.717) is 6.61 Å². The van der Waals surface area contributed by atoms with E-state index in [4.69, 9.17) is 5.11 Å². The van der Waals surface area contributed by atoms with Gasteiger partial charge in [0.2, 0.25) is 0 Å². The predicted octanol–water partition coefficient (Wildman–Crippen LogP) is 3.37. The summed E-state index contributed by atoms with van der Waals surface area (Å²) in [6.07, 6.45) is 8.90. The Kier molecular flexibility index (Phi) is 9.02. The first-order valence-corrected chi connectivity index (χ1v) is 5.46. The second-order valence-corrected chi connectivity index (χ2v) is 3.61. The average molecular weight is 172 g/mol. The van der Waals surface area contributed by atoms with Crippen molar-refractivity contribution in [1.82, 2.24) is 0 Å². The summed E-state index contributed by atoms with van der Waals surface area (Å²) in [6, 6.07) is 0. The van der Waals surface area contributed by atoms with Crippen LogP contribution in [-0.2, 0) is 0 Å². The van der Waals surface area contributed by atoms with E-state index in [1.165, 1.54) is 38.5 Å². The molecule has 0 aliphatic carbocycles. The zero-order chi connectivity index (χ0) is 9.23. The highest BCUT2D eigenvalue weighted by atomic mass is 16.2. The second kappa shape index (κ2) is 9.05. The summed E-state index contributed by atoms with van der Waals surface area (Å²) in [5.41, 5.74) is 0. The van der Waals surface area contributed by atoms with Crippen molar-refractivity contribution >= 4 is 0 Å². The van der Waals surface area contributed by atoms with Gasteiger partial charge in [-0.15, -0.1) is 0 Å². The molecule has 0 fully saturated rings. The monoisotopic (exact) mass is 172 g/mol. The molecule has 0 rings (SSSR count). The summed E-state index contributed by atoms with van der Waals surface area (Å²) < 4.78 is 0. The van der Waals surface area contributed by atoms with Gasteiger partial charge in [-0.25, -0.2) is 0 Å². The summed E-state index contributed by atoms with van der Waals surface area (Å²) in [4.78, 5) is 0. The molecule has 0 aliphatic heterocycles. The normalized spacial score (nSPS) is 11.0. The van der Waals surface area contributed by atoms with Crippen LogP contribution in [0, 0.1) is 5.92 Å². The summed E-state index contributed by atoms with van der Waals surface area (Å²) in [6.45, 7) is 4.93. The molecule has 1 N–H and O–H groups in total. The summed E-state index contributed by atoms with van der Waals surface area (Å²) in [5.74, 6) is 0.944. The van der Waals surface area contributed by atoms with Gasteiger partial charge in [-0.3, -0.25) is 0 Å². The quantitative estimate of drug-likeness (QED) is 0.557. The largest absolute Gasteiger partial charge is 0.396 e. The molecule has 74 valence electrons. The number of hydrogen-bond acceptors (Lipinski definition) is 1. The zero-order valence-electron chi connectivity index (χ0n) is 8.68. The lowest BCUT2D eigenvalue weighted by atomic mass is 9.96. The van der Waals surface area contributed by atoms with Crippen molar-refractivity contribution in [3.8, 4) is 0 Å². The van der Waals surface area contributed by atoms with Crippen molar-refractivity contribution in [1.29, 1.82) is 0 Å². The molecule has 0 aromatic heterocycles. The molecule has 0 aliphatic rings. The Hall–Kier alpha value is -0.0400. The van der Waals surface area contributed by atoms with Gasteiger partial charge in [0, 0.05) is 6.61 Å². The lowest BCUT2D eigenvalue weighted by Gasteiger charge is -2.10. The van der Waals surface area contributed by atoms with Gasteiger partial charge in [-0.2, -0.15) is 0 Å². The molecule has 0 heterocycles. The minimum absolute atomic E-state index is 0.366. The molecule has 0 bridgehead atoms. The minimum atomic E-state index is 0.366. The molecule has 0 amide bonds. The van der Waals surface area contributed by atoms with Crippen LogP contribution >= 0.6 is 0 Å². The SMILES string of the molecule is CCC(CC)CCCCCCO. The summed E-state index contributed by atoms with van der Waals surface area (Å²) >= 11 is 0. The number of aliphatic hydroxyl groups excluding tert-OH is 1. The molecule has 0 aromatic rings. The first-order chi connectivity index (χ1) is 5.85. The van der Waals surface area contributed by atoms with E-state index < -0.39 is 0 Å². The molecule has 12 heavy (non-hydrogen) atoms. The molecule has 0 radical (unpaired) electrons. The maximum Gasteiger partial charge on any atom is 0.0431 e. The van der Waals surface area contributed by atoms with E-state index in [2.05, 4.69) is 13.8 Å². The Morgan fingerprint density at radius 2 is 1.50 bits per heavy atom. The standard InChI is InChI=1S/C11H24O/c1-3-11(4-2)9-7-5-6-8-10-12/h11-12H,3-10H2,1-2H3. The fourth-order valence-corrected chi connectivity index (χ4v) is 1.60. The molecule has 1 nitrogen and oxygen atoms in total. The summed E-state index contributed by atoms with van der Waals surface area (Å²) in [5, 5.41) is 8.57. The third-order valence-electron chi connectivity index (χ3n) is 2.68. The van der Waals surface area contributed by atoms with E-state index in [-0.39, 0.29) is 0 Å². The molecule has 0 saturated heterocycles. The van der Waals surface area contributed by atoms with Crippen LogP contribution in [0.2, 0.25) is 0 Å². The Labute approximate surface area is 77.2 Å². The van der Waals surface area contributed by atoms with Gasteiger partial charge in [-0.1, -0.05) is 52.4 Å². The third-order valence-corrected chi connectivity index (χ3v) is 2.68. The van der Waals surface area contributed by atoms with Crippen molar-refractivity contribution in [2.45, 2.75) is 58.8 Å². The van der Waals surface area contributed by atoms with Crippen LogP contribution in [0.1, 0.15) is 58.8 Å². The van der Waals surface area contributed by atoms with Crippen LogP contribution < -0.4 is 0 Å². The van der Waals surface area contributed by atoms with Crippen LogP contribution in [0.5, 0.6) is 0 Å². The van der Waals surface area contributed by atoms with Crippen molar-refractivity contribution in [3.63, 3.8) is 0 Å². The van der Waals surface area contributed by atoms with Gasteiger partial charge < -0.3 is 5.11 Å². The smallest absolute Gasteiger partial charge is 0.0431 e. The van der Waals surface area contributed by atoms with Crippen molar-refractivity contribution in [2.75, 3.05) is 6.61 Å². The van der Waals surface area contributed by atoms with E-state index in [0.717, 1.165) is 12.3 Å². The van der Waals surface area contributed by atoms with Crippen LogP contribution in [0.15, 0.2) is 0 Å². The van der Waals surface area contributed by atoms with Crippen LogP contribution in [0.3, 0.4) is 0 Å². The molecule has 0 unspecified atom stereocenters. The number of unbranched alkanes of at least 4 members (excludes halogenated alkanes) is 3. The Morgan fingerprint density at radius 1 is 0.917 bits per heavy atom. The first-order valence-electron chi connectivity index (χ1n) is 5.46. The fraction of sp³-hybridized carbons (Fsp3) is 1.00. The summed E-state index contributed by atoms with van der Waals surface area (Å²) in [7, 11) is 0. The number of hydrogen-bond donors (Lipinski definition) is 1. The molecule has 0 atom stereocenters. The van der Waals surface area contributed by atoms with Gasteiger partial charge in [0.25, 0.3) is 0 Å². The minimum Gasteiger partial charge on any atom is -0.396 e. The van der Waals surface area contributed by atoms with Crippen LogP contribution in [-0.4, -0.2) is 11.7 Å². The van der Waals surface area contributed by atoms with Crippen molar-refractivity contribution in [2.24, 2.45) is 5.92 Å². The highest BCUT2D eigenvalue weighted by Gasteiger charge is 2.01. The molecule has 1 heteroatoms. The second-order valence-electron chi connectivity index (χ2n) is 3.61. The fourth-order valence-electron chi connectivity index (χ4n) is 1.60. The molecule has 0 saturated carbocycles. The van der Waals surface area contributed by atoms with Crippen molar-refractivity contribution < 1.29 is 5.11 Å². The molecular formula is C11H24O. The predicted molar refractivity (Wildman–Crippen MR) is 54.2 cm³/mol. The van der Waals surface area contributed by atoms with Crippen molar-refractivity contribution in [3.05, 3.63) is 0 Å². The highest BCUT2D eigenvalue weighted by molar-refractivity contribution is 4.54. The zero-order valence-corrected chi connectivity index (χ0v) is 8.68. The third kappa shape index (κ3) is 6.66. The first kappa shape index (κ1) is 12.0.